The van der Waals surface area contributed by atoms with E-state index < -0.39 is 0 Å². The molecule has 206 valence electrons. The number of hydrogen-bond donors (Lipinski definition) is 4. The Morgan fingerprint density at radius 3 is 2.59 bits per heavy atom. The topological polar surface area (TPSA) is 127 Å². The normalized spacial score (nSPS) is 25.4. The molecule has 10 heteroatoms. The minimum Gasteiger partial charge on any atom is -0.381 e. The van der Waals surface area contributed by atoms with Crippen LogP contribution in [0.1, 0.15) is 57.1 Å². The number of piperidine rings is 3. The van der Waals surface area contributed by atoms with Crippen molar-refractivity contribution >= 4 is 34.2 Å². The molecule has 3 saturated heterocycles. The molecule has 0 radical (unpaired) electrons. The van der Waals surface area contributed by atoms with Gasteiger partial charge in [-0.3, -0.25) is 5.10 Å². The molecule has 1 aromatic carbocycles. The van der Waals surface area contributed by atoms with E-state index in [0.717, 1.165) is 86.3 Å². The number of aryl methyl sites for hydroxylation is 1. The lowest BCUT2D eigenvalue weighted by Crippen LogP contribution is -2.54. The summed E-state index contributed by atoms with van der Waals surface area (Å²) >= 11 is 0. The molecule has 0 aliphatic carbocycles. The third-order valence-corrected chi connectivity index (χ3v) is 8.62. The molecule has 2 bridgehead atoms. The molecule has 0 amide bonds. The first-order valence-electron chi connectivity index (χ1n) is 14.3. The Morgan fingerprint density at radius 1 is 1.10 bits per heavy atom. The van der Waals surface area contributed by atoms with E-state index in [4.69, 9.17) is 20.0 Å². The third kappa shape index (κ3) is 5.94. The number of H-pyrrole nitrogens is 1. The van der Waals surface area contributed by atoms with Gasteiger partial charge in [-0.1, -0.05) is 0 Å². The zero-order valence-corrected chi connectivity index (χ0v) is 22.9. The van der Waals surface area contributed by atoms with Crippen molar-refractivity contribution in [1.82, 2.24) is 25.5 Å². The van der Waals surface area contributed by atoms with Crippen LogP contribution in [0.3, 0.4) is 0 Å². The van der Waals surface area contributed by atoms with Crippen molar-refractivity contribution in [2.24, 2.45) is 5.92 Å². The molecule has 4 atom stereocenters. The zero-order valence-electron chi connectivity index (χ0n) is 22.9. The lowest BCUT2D eigenvalue weighted by molar-refractivity contribution is 0.0819. The van der Waals surface area contributed by atoms with Gasteiger partial charge in [0.05, 0.1) is 17.7 Å². The fourth-order valence-corrected chi connectivity index (χ4v) is 6.71. The number of aromatic amines is 1. The molecule has 3 aliphatic heterocycles. The van der Waals surface area contributed by atoms with Crippen LogP contribution in [-0.4, -0.2) is 64.6 Å². The quantitative estimate of drug-likeness (QED) is 0.330. The molecule has 10 nitrogen and oxygen atoms in total. The summed E-state index contributed by atoms with van der Waals surface area (Å²) in [4.78, 5) is 12.4. The number of methoxy groups -OCH3 is 1. The van der Waals surface area contributed by atoms with Crippen LogP contribution in [-0.2, 0) is 4.74 Å². The molecular weight excluding hydrogens is 490 g/mol. The van der Waals surface area contributed by atoms with Crippen LogP contribution in [0, 0.1) is 24.2 Å². The van der Waals surface area contributed by atoms with Gasteiger partial charge in [0.1, 0.15) is 5.82 Å². The van der Waals surface area contributed by atoms with E-state index in [2.05, 4.69) is 55.3 Å². The van der Waals surface area contributed by atoms with E-state index in [1.807, 2.05) is 13.0 Å². The minimum atomic E-state index is 0.312. The molecule has 3 aliphatic rings. The monoisotopic (exact) mass is 529 g/mol. The van der Waals surface area contributed by atoms with Gasteiger partial charge in [-0.2, -0.15) is 15.3 Å². The number of ether oxygens (including phenoxy) is 1. The van der Waals surface area contributed by atoms with Gasteiger partial charge in [-0.15, -0.1) is 0 Å². The maximum Gasteiger partial charge on any atom is 0.225 e. The van der Waals surface area contributed by atoms with Gasteiger partial charge >= 0.3 is 0 Å². The molecule has 0 spiro atoms. The van der Waals surface area contributed by atoms with Crippen molar-refractivity contribution in [2.75, 3.05) is 35.7 Å². The predicted molar refractivity (Wildman–Crippen MR) is 153 cm³/mol. The highest BCUT2D eigenvalue weighted by atomic mass is 16.5. The highest BCUT2D eigenvalue weighted by Gasteiger charge is 2.35. The Labute approximate surface area is 229 Å². The number of nitriles is 1. The Hall–Kier alpha value is -3.42. The summed E-state index contributed by atoms with van der Waals surface area (Å²) in [5, 5.41) is 28.3. The lowest BCUT2D eigenvalue weighted by Gasteiger charge is -2.43. The molecule has 6 rings (SSSR count). The Balaban J connectivity index is 1.24. The number of nitrogens with zero attached hydrogens (tertiary/aromatic N) is 5. The summed E-state index contributed by atoms with van der Waals surface area (Å²) in [6.07, 6.45) is 8.45. The van der Waals surface area contributed by atoms with Gasteiger partial charge in [-0.05, 0) is 76.0 Å². The van der Waals surface area contributed by atoms with Crippen LogP contribution >= 0.6 is 0 Å². The smallest absolute Gasteiger partial charge is 0.225 e. The van der Waals surface area contributed by atoms with Gasteiger partial charge < -0.3 is 25.6 Å². The fraction of sp³-hybridized carbons (Fsp3) is 0.586. The Bertz CT molecular complexity index is 1310. The maximum atomic E-state index is 9.00. The lowest BCUT2D eigenvalue weighted by atomic mass is 9.77. The first-order valence-corrected chi connectivity index (χ1v) is 14.3. The largest absolute Gasteiger partial charge is 0.381 e. The number of fused-ring (bicyclic) bond motifs is 3. The van der Waals surface area contributed by atoms with Crippen LogP contribution < -0.4 is 20.9 Å². The number of nitrogens with one attached hydrogen (secondary N) is 4. The maximum absolute atomic E-state index is 9.00. The van der Waals surface area contributed by atoms with Gasteiger partial charge in [0.25, 0.3) is 0 Å². The molecule has 4 N–H and O–H groups in total. The van der Waals surface area contributed by atoms with Crippen LogP contribution in [0.2, 0.25) is 0 Å². The zero-order chi connectivity index (χ0) is 26.8. The summed E-state index contributed by atoms with van der Waals surface area (Å²) in [6.45, 7) is 3.94. The second-order valence-corrected chi connectivity index (χ2v) is 11.5. The van der Waals surface area contributed by atoms with E-state index in [-0.39, 0.29) is 0 Å². The van der Waals surface area contributed by atoms with Crippen molar-refractivity contribution in [2.45, 2.75) is 82.5 Å². The second-order valence-electron chi connectivity index (χ2n) is 11.5. The van der Waals surface area contributed by atoms with E-state index in [0.29, 0.717) is 42.5 Å². The molecule has 2 unspecified atom stereocenters. The van der Waals surface area contributed by atoms with Gasteiger partial charge in [0, 0.05) is 67.6 Å². The van der Waals surface area contributed by atoms with Crippen molar-refractivity contribution in [1.29, 1.82) is 5.26 Å². The number of rotatable bonds is 8. The first-order chi connectivity index (χ1) is 19.1. The molecule has 39 heavy (non-hydrogen) atoms. The van der Waals surface area contributed by atoms with E-state index >= 15 is 0 Å². The van der Waals surface area contributed by atoms with Gasteiger partial charge in [-0.25, -0.2) is 4.98 Å². The highest BCUT2D eigenvalue weighted by Crippen LogP contribution is 2.34. The van der Waals surface area contributed by atoms with Crippen LogP contribution in [0.25, 0.3) is 10.9 Å². The van der Waals surface area contributed by atoms with Crippen molar-refractivity contribution in [3.8, 4) is 6.07 Å². The molecule has 5 heterocycles. The highest BCUT2D eigenvalue weighted by molar-refractivity contribution is 5.93. The number of benzene rings is 1. The first kappa shape index (κ1) is 25.8. The number of aromatic nitrogens is 4. The molecule has 0 saturated carbocycles. The minimum absolute atomic E-state index is 0.312. The standard InChI is InChI=1S/C29H39N9O/c1-18-12-27(37-36-18)34-28-25-6-5-23(38-10-7-24(39-2)8-11-38)17-26(25)33-29(35-28)32-22-15-20-13-19(4-3-9-30)14-21(16-22)31-20/h5-6,12,17,19-22,24,31H,3-4,7-8,10-11,13-16H2,1-2H3,(H3,32,33,34,35,36,37)/t19?,20-,21+,22?. The summed E-state index contributed by atoms with van der Waals surface area (Å²) in [5.41, 5.74) is 3.09. The second kappa shape index (κ2) is 11.4. The predicted octanol–water partition coefficient (Wildman–Crippen LogP) is 4.64. The van der Waals surface area contributed by atoms with Crippen molar-refractivity contribution in [3.05, 3.63) is 30.0 Å². The molecule has 2 aromatic heterocycles. The Morgan fingerprint density at radius 2 is 1.90 bits per heavy atom. The van der Waals surface area contributed by atoms with E-state index in [1.54, 1.807) is 7.11 Å². The number of anilines is 4. The molecule has 3 aromatic rings. The summed E-state index contributed by atoms with van der Waals surface area (Å²) in [5.74, 6) is 2.80. The Kier molecular flexibility index (Phi) is 7.53. The van der Waals surface area contributed by atoms with E-state index in [1.165, 1.54) is 5.69 Å². The number of hydrogen-bond acceptors (Lipinski definition) is 9. The van der Waals surface area contributed by atoms with Crippen LogP contribution in [0.5, 0.6) is 0 Å². The van der Waals surface area contributed by atoms with E-state index in [9.17, 15) is 0 Å². The summed E-state index contributed by atoms with van der Waals surface area (Å²) in [6, 6.07) is 12.0. The van der Waals surface area contributed by atoms with Crippen LogP contribution in [0.4, 0.5) is 23.3 Å². The van der Waals surface area contributed by atoms with Crippen LogP contribution in [0.15, 0.2) is 24.3 Å². The average Bonchev–Trinajstić information content (AvgIpc) is 3.35. The third-order valence-electron chi connectivity index (χ3n) is 8.62. The SMILES string of the molecule is COC1CCN(c2ccc3c(Nc4cc(C)[nH]n4)nc(NC4C[C@H]5CC(CCC#N)C[C@@H](C4)N5)nc3c2)CC1. The average molecular weight is 530 g/mol. The molecular formula is C29H39N9O. The van der Waals surface area contributed by atoms with Crippen molar-refractivity contribution < 1.29 is 4.74 Å². The summed E-state index contributed by atoms with van der Waals surface area (Å²) in [7, 11) is 1.81. The van der Waals surface area contributed by atoms with Gasteiger partial charge in [0.15, 0.2) is 5.82 Å². The van der Waals surface area contributed by atoms with Gasteiger partial charge in [0.2, 0.25) is 5.95 Å². The summed E-state index contributed by atoms with van der Waals surface area (Å²) < 4.78 is 5.57. The van der Waals surface area contributed by atoms with Crippen molar-refractivity contribution in [3.63, 3.8) is 0 Å². The fourth-order valence-electron chi connectivity index (χ4n) is 6.71. The molecule has 3 fully saturated rings.